The Labute approximate surface area is 141 Å². The third-order valence-electron chi connectivity index (χ3n) is 3.48. The van der Waals surface area contributed by atoms with Crippen LogP contribution >= 0.6 is 11.3 Å². The smallest absolute Gasteiger partial charge is 0.134 e. The number of hydrogen-bond acceptors (Lipinski definition) is 4. The van der Waals surface area contributed by atoms with Gasteiger partial charge in [0.25, 0.3) is 0 Å². The van der Waals surface area contributed by atoms with Gasteiger partial charge in [-0.3, -0.25) is 4.68 Å². The highest BCUT2D eigenvalue weighted by molar-refractivity contribution is 7.11. The Hall–Kier alpha value is -2.85. The number of benzene rings is 1. The van der Waals surface area contributed by atoms with Crippen LogP contribution in [0.1, 0.15) is 16.4 Å². The van der Waals surface area contributed by atoms with Crippen LogP contribution in [0.25, 0.3) is 22.9 Å². The van der Waals surface area contributed by atoms with Crippen LogP contribution in [0.2, 0.25) is 0 Å². The first-order chi connectivity index (χ1) is 11.5. The third-order valence-corrected chi connectivity index (χ3v) is 4.36. The van der Waals surface area contributed by atoms with Crippen molar-refractivity contribution >= 4 is 23.0 Å². The van der Waals surface area contributed by atoms with Gasteiger partial charge in [0.05, 0.1) is 17.0 Å². The van der Waals surface area contributed by atoms with E-state index < -0.39 is 11.6 Å². The Bertz CT molecular complexity index is 959. The summed E-state index contributed by atoms with van der Waals surface area (Å²) in [5, 5.41) is 15.7. The normalized spacial score (nSPS) is 11.5. The topological polar surface area (TPSA) is 54.5 Å². The number of rotatable bonds is 3. The summed E-state index contributed by atoms with van der Waals surface area (Å²) in [6, 6.07) is 7.12. The van der Waals surface area contributed by atoms with Gasteiger partial charge < -0.3 is 0 Å². The Balaban J connectivity index is 1.99. The molecule has 0 saturated heterocycles. The van der Waals surface area contributed by atoms with E-state index in [9.17, 15) is 14.0 Å². The fourth-order valence-electron chi connectivity index (χ4n) is 2.16. The molecule has 0 saturated carbocycles. The highest BCUT2D eigenvalue weighted by Crippen LogP contribution is 2.29. The van der Waals surface area contributed by atoms with Crippen molar-refractivity contribution in [3.63, 3.8) is 0 Å². The molecular weight excluding hydrogens is 330 g/mol. The first-order valence-electron chi connectivity index (χ1n) is 7.01. The van der Waals surface area contributed by atoms with E-state index in [4.69, 9.17) is 0 Å². The molecule has 0 spiro atoms. The van der Waals surface area contributed by atoms with Crippen LogP contribution in [0, 0.1) is 29.9 Å². The molecule has 0 aliphatic carbocycles. The number of hydrogen-bond donors (Lipinski definition) is 0. The number of allylic oxidation sites excluding steroid dienone is 1. The van der Waals surface area contributed by atoms with Crippen LogP contribution in [0.3, 0.4) is 0 Å². The van der Waals surface area contributed by atoms with Crippen molar-refractivity contribution in [2.24, 2.45) is 7.05 Å². The molecule has 120 valence electrons. The molecule has 4 nitrogen and oxygen atoms in total. The fourth-order valence-corrected chi connectivity index (χ4v) is 2.95. The predicted molar refractivity (Wildman–Crippen MR) is 88.9 cm³/mol. The summed E-state index contributed by atoms with van der Waals surface area (Å²) in [5.74, 6) is -1.10. The van der Waals surface area contributed by atoms with Crippen molar-refractivity contribution in [3.8, 4) is 17.3 Å². The number of aromatic nitrogens is 3. The van der Waals surface area contributed by atoms with Crippen LogP contribution < -0.4 is 0 Å². The average molecular weight is 342 g/mol. The van der Waals surface area contributed by atoms with Gasteiger partial charge in [-0.2, -0.15) is 10.4 Å². The summed E-state index contributed by atoms with van der Waals surface area (Å²) < 4.78 is 28.9. The minimum Gasteiger partial charge on any atom is -0.272 e. The van der Waals surface area contributed by atoms with Crippen LogP contribution in [0.5, 0.6) is 0 Å². The van der Waals surface area contributed by atoms with Gasteiger partial charge in [0, 0.05) is 23.7 Å². The zero-order valence-corrected chi connectivity index (χ0v) is 13.7. The second-order valence-corrected chi connectivity index (χ2v) is 6.02. The molecule has 0 amide bonds. The maximum Gasteiger partial charge on any atom is 0.134 e. The lowest BCUT2D eigenvalue weighted by atomic mass is 10.1. The van der Waals surface area contributed by atoms with E-state index in [0.717, 1.165) is 23.9 Å². The molecule has 0 aliphatic heterocycles. The fraction of sp³-hybridized carbons (Fsp3) is 0.118. The molecule has 0 aliphatic rings. The molecule has 3 rings (SSSR count). The molecule has 0 N–H and O–H groups in total. The van der Waals surface area contributed by atoms with E-state index in [2.05, 4.69) is 16.2 Å². The summed E-state index contributed by atoms with van der Waals surface area (Å²) in [5.41, 5.74) is 2.29. The van der Waals surface area contributed by atoms with Crippen molar-refractivity contribution in [2.45, 2.75) is 6.92 Å². The summed E-state index contributed by atoms with van der Waals surface area (Å²) in [6.07, 6.45) is 1.62. The van der Waals surface area contributed by atoms with Gasteiger partial charge in [-0.25, -0.2) is 13.8 Å². The zero-order chi connectivity index (χ0) is 17.3. The van der Waals surface area contributed by atoms with E-state index in [-0.39, 0.29) is 5.56 Å². The maximum atomic E-state index is 13.8. The molecule has 3 aromatic rings. The highest BCUT2D eigenvalue weighted by atomic mass is 32.1. The van der Waals surface area contributed by atoms with Crippen molar-refractivity contribution in [3.05, 3.63) is 57.7 Å². The standard InChI is InChI=1S/C17H12F2N4S/c1-10-5-13(22-23(10)2)6-11(8-20)17-21-16(9-24-17)14-7-12(18)3-4-15(14)19/h3-7,9H,1-2H3/b11-6+. The minimum atomic E-state index is -0.559. The summed E-state index contributed by atoms with van der Waals surface area (Å²) in [6.45, 7) is 1.91. The van der Waals surface area contributed by atoms with Crippen molar-refractivity contribution < 1.29 is 8.78 Å². The molecule has 0 atom stereocenters. The van der Waals surface area contributed by atoms with E-state index in [1.807, 2.05) is 20.0 Å². The molecule has 24 heavy (non-hydrogen) atoms. The molecule has 0 fully saturated rings. The van der Waals surface area contributed by atoms with Crippen molar-refractivity contribution in [1.82, 2.24) is 14.8 Å². The number of aryl methyl sites for hydroxylation is 2. The van der Waals surface area contributed by atoms with E-state index in [1.165, 1.54) is 11.3 Å². The van der Waals surface area contributed by atoms with Gasteiger partial charge in [0.15, 0.2) is 0 Å². The monoisotopic (exact) mass is 342 g/mol. The number of nitrogens with zero attached hydrogens (tertiary/aromatic N) is 4. The quantitative estimate of drug-likeness (QED) is 0.671. The molecule has 0 unspecified atom stereocenters. The van der Waals surface area contributed by atoms with Crippen LogP contribution in [0.15, 0.2) is 29.6 Å². The largest absolute Gasteiger partial charge is 0.272 e. The lowest BCUT2D eigenvalue weighted by Gasteiger charge is -1.99. The zero-order valence-electron chi connectivity index (χ0n) is 12.9. The van der Waals surface area contributed by atoms with Gasteiger partial charge >= 0.3 is 0 Å². The van der Waals surface area contributed by atoms with Crippen LogP contribution in [-0.4, -0.2) is 14.8 Å². The molecule has 0 bridgehead atoms. The van der Waals surface area contributed by atoms with Gasteiger partial charge in [0.1, 0.15) is 22.7 Å². The predicted octanol–water partition coefficient (Wildman–Crippen LogP) is 4.19. The molecule has 2 aromatic heterocycles. The van der Waals surface area contributed by atoms with Gasteiger partial charge in [-0.15, -0.1) is 11.3 Å². The Morgan fingerprint density at radius 2 is 2.12 bits per heavy atom. The average Bonchev–Trinajstić information content (AvgIpc) is 3.15. The van der Waals surface area contributed by atoms with Gasteiger partial charge in [-0.1, -0.05) is 0 Å². The second kappa shape index (κ2) is 6.34. The van der Waals surface area contributed by atoms with Crippen molar-refractivity contribution in [1.29, 1.82) is 5.26 Å². The SMILES string of the molecule is Cc1cc(/C=C(\C#N)c2nc(-c3cc(F)ccc3F)cs2)nn1C. The molecule has 1 aromatic carbocycles. The van der Waals surface area contributed by atoms with E-state index in [1.54, 1.807) is 16.1 Å². The summed E-state index contributed by atoms with van der Waals surface area (Å²) in [4.78, 5) is 4.27. The molecule has 7 heteroatoms. The van der Waals surface area contributed by atoms with Gasteiger partial charge in [-0.05, 0) is 37.3 Å². The second-order valence-electron chi connectivity index (χ2n) is 5.17. The highest BCUT2D eigenvalue weighted by Gasteiger charge is 2.13. The Morgan fingerprint density at radius 3 is 2.79 bits per heavy atom. The number of thiazole rings is 1. The van der Waals surface area contributed by atoms with Gasteiger partial charge in [0.2, 0.25) is 0 Å². The van der Waals surface area contributed by atoms with Crippen molar-refractivity contribution in [2.75, 3.05) is 0 Å². The Kier molecular flexibility index (Phi) is 4.23. The maximum absolute atomic E-state index is 13.8. The summed E-state index contributed by atoms with van der Waals surface area (Å²) in [7, 11) is 1.81. The van der Waals surface area contributed by atoms with Crippen LogP contribution in [0.4, 0.5) is 8.78 Å². The lowest BCUT2D eigenvalue weighted by molar-refractivity contribution is 0.603. The number of nitriles is 1. The third kappa shape index (κ3) is 3.09. The lowest BCUT2D eigenvalue weighted by Crippen LogP contribution is -1.92. The van der Waals surface area contributed by atoms with E-state index >= 15 is 0 Å². The minimum absolute atomic E-state index is 0.0727. The first kappa shape index (κ1) is 16.0. The summed E-state index contributed by atoms with van der Waals surface area (Å²) >= 11 is 1.20. The number of halogens is 2. The molecule has 0 radical (unpaired) electrons. The first-order valence-corrected chi connectivity index (χ1v) is 7.89. The molecular formula is C17H12F2N4S. The van der Waals surface area contributed by atoms with E-state index in [0.29, 0.717) is 22.0 Å². The Morgan fingerprint density at radius 1 is 1.33 bits per heavy atom. The van der Waals surface area contributed by atoms with Crippen LogP contribution in [-0.2, 0) is 7.05 Å². The molecule has 2 heterocycles.